The summed E-state index contributed by atoms with van der Waals surface area (Å²) >= 11 is 0. The Morgan fingerprint density at radius 1 is 1.23 bits per heavy atom. The van der Waals surface area contributed by atoms with Crippen LogP contribution >= 0.6 is 0 Å². The molecule has 2 heterocycles. The first-order valence-corrected chi connectivity index (χ1v) is 5.36. The first kappa shape index (κ1) is 9.44. The summed E-state index contributed by atoms with van der Waals surface area (Å²) < 4.78 is 0. The Bertz CT molecular complexity index is 154. The van der Waals surface area contributed by atoms with E-state index in [1.165, 1.54) is 39.0 Å². The van der Waals surface area contributed by atoms with Crippen molar-refractivity contribution >= 4 is 0 Å². The van der Waals surface area contributed by atoms with Crippen LogP contribution in [0.4, 0.5) is 0 Å². The molecule has 0 aromatic rings. The molecular weight excluding hydrogens is 162 g/mol. The number of nitrogens with zero attached hydrogens (tertiary/aromatic N) is 2. The third kappa shape index (κ3) is 2.42. The Hall–Kier alpha value is -0.120. The van der Waals surface area contributed by atoms with Gasteiger partial charge in [-0.1, -0.05) is 0 Å². The Labute approximate surface area is 81.1 Å². The zero-order valence-corrected chi connectivity index (χ0v) is 8.34. The number of hydrogen-bond donors (Lipinski definition) is 1. The Kier molecular flexibility index (Phi) is 3.19. The molecule has 0 amide bonds. The molecule has 1 radical (unpaired) electrons. The molecular formula is C10H20N3. The largest absolute Gasteiger partial charge is 0.314 e. The number of hydrogen-bond acceptors (Lipinski definition) is 3. The fraction of sp³-hybridized carbons (Fsp3) is 0.900. The zero-order chi connectivity index (χ0) is 9.10. The van der Waals surface area contributed by atoms with Crippen LogP contribution in [0, 0.1) is 7.05 Å². The molecule has 13 heavy (non-hydrogen) atoms. The molecule has 1 atom stereocenters. The van der Waals surface area contributed by atoms with Crippen molar-refractivity contribution in [2.24, 2.45) is 0 Å². The van der Waals surface area contributed by atoms with Crippen LogP contribution in [0.25, 0.3) is 0 Å². The lowest BCUT2D eigenvalue weighted by atomic mass is 10.2. The maximum absolute atomic E-state index is 4.08. The second-order valence-electron chi connectivity index (χ2n) is 4.16. The summed E-state index contributed by atoms with van der Waals surface area (Å²) in [7, 11) is 4.08. The van der Waals surface area contributed by atoms with Gasteiger partial charge in [0.25, 0.3) is 0 Å². The summed E-state index contributed by atoms with van der Waals surface area (Å²) in [6, 6.07) is 0.720. The van der Waals surface area contributed by atoms with Crippen molar-refractivity contribution in [1.82, 2.24) is 15.1 Å². The van der Waals surface area contributed by atoms with Gasteiger partial charge in [0.1, 0.15) is 0 Å². The SMILES string of the molecule is [CH2]N1CCCC1CN1CCNCC1. The van der Waals surface area contributed by atoms with E-state index in [1.54, 1.807) is 0 Å². The number of rotatable bonds is 2. The second-order valence-corrected chi connectivity index (χ2v) is 4.16. The van der Waals surface area contributed by atoms with Gasteiger partial charge in [-0.2, -0.15) is 0 Å². The minimum absolute atomic E-state index is 0.720. The zero-order valence-electron chi connectivity index (χ0n) is 8.34. The van der Waals surface area contributed by atoms with Crippen LogP contribution in [0.15, 0.2) is 0 Å². The van der Waals surface area contributed by atoms with E-state index in [4.69, 9.17) is 0 Å². The van der Waals surface area contributed by atoms with Gasteiger partial charge in [-0.3, -0.25) is 9.80 Å². The molecule has 2 rings (SSSR count). The van der Waals surface area contributed by atoms with Crippen molar-refractivity contribution in [2.75, 3.05) is 39.3 Å². The van der Waals surface area contributed by atoms with Gasteiger partial charge in [0.05, 0.1) is 0 Å². The van der Waals surface area contributed by atoms with E-state index in [0.717, 1.165) is 19.1 Å². The van der Waals surface area contributed by atoms with Crippen molar-refractivity contribution in [3.63, 3.8) is 0 Å². The summed E-state index contributed by atoms with van der Waals surface area (Å²) in [5, 5.41) is 3.38. The fourth-order valence-corrected chi connectivity index (χ4v) is 2.29. The van der Waals surface area contributed by atoms with Crippen LogP contribution in [0.3, 0.4) is 0 Å². The van der Waals surface area contributed by atoms with Crippen LogP contribution in [0.1, 0.15) is 12.8 Å². The van der Waals surface area contributed by atoms with Gasteiger partial charge in [0.2, 0.25) is 0 Å². The third-order valence-corrected chi connectivity index (χ3v) is 3.18. The summed E-state index contributed by atoms with van der Waals surface area (Å²) in [6.07, 6.45) is 2.67. The van der Waals surface area contributed by atoms with E-state index in [-0.39, 0.29) is 0 Å². The molecule has 0 spiro atoms. The Morgan fingerprint density at radius 3 is 2.62 bits per heavy atom. The van der Waals surface area contributed by atoms with Gasteiger partial charge in [-0.05, 0) is 19.4 Å². The molecule has 0 bridgehead atoms. The highest BCUT2D eigenvalue weighted by Gasteiger charge is 2.23. The molecule has 2 fully saturated rings. The molecule has 0 aromatic carbocycles. The standard InChI is InChI=1S/C10H20N3/c1-12-6-2-3-10(12)9-13-7-4-11-5-8-13/h10-11H,1-9H2. The molecule has 2 aliphatic rings. The van der Waals surface area contributed by atoms with Crippen LogP contribution in [0.5, 0.6) is 0 Å². The monoisotopic (exact) mass is 182 g/mol. The van der Waals surface area contributed by atoms with E-state index in [0.29, 0.717) is 0 Å². The quantitative estimate of drug-likeness (QED) is 0.656. The molecule has 3 nitrogen and oxygen atoms in total. The number of likely N-dealkylation sites (tertiary alicyclic amines) is 1. The molecule has 3 heteroatoms. The highest BCUT2D eigenvalue weighted by Crippen LogP contribution is 2.16. The van der Waals surface area contributed by atoms with Gasteiger partial charge >= 0.3 is 0 Å². The average molecular weight is 182 g/mol. The van der Waals surface area contributed by atoms with Crippen LogP contribution < -0.4 is 5.32 Å². The van der Waals surface area contributed by atoms with Crippen LogP contribution in [-0.4, -0.2) is 55.1 Å². The molecule has 1 unspecified atom stereocenters. The Morgan fingerprint density at radius 2 is 2.00 bits per heavy atom. The van der Waals surface area contributed by atoms with E-state index in [1.807, 2.05) is 0 Å². The average Bonchev–Trinajstić information content (AvgIpc) is 2.54. The lowest BCUT2D eigenvalue weighted by Crippen LogP contribution is -2.47. The van der Waals surface area contributed by atoms with Crippen LogP contribution in [-0.2, 0) is 0 Å². The maximum Gasteiger partial charge on any atom is 0.0224 e. The summed E-state index contributed by atoms with van der Waals surface area (Å²) in [4.78, 5) is 4.83. The van der Waals surface area contributed by atoms with Gasteiger partial charge in [0.15, 0.2) is 0 Å². The smallest absolute Gasteiger partial charge is 0.0224 e. The predicted molar refractivity (Wildman–Crippen MR) is 54.4 cm³/mol. The third-order valence-electron chi connectivity index (χ3n) is 3.18. The van der Waals surface area contributed by atoms with E-state index in [2.05, 4.69) is 22.2 Å². The van der Waals surface area contributed by atoms with Gasteiger partial charge in [0, 0.05) is 45.8 Å². The molecule has 0 saturated carbocycles. The first-order valence-electron chi connectivity index (χ1n) is 5.36. The minimum Gasteiger partial charge on any atom is -0.314 e. The Balaban J connectivity index is 1.75. The molecule has 75 valence electrons. The highest BCUT2D eigenvalue weighted by atomic mass is 15.2. The van der Waals surface area contributed by atoms with Crippen molar-refractivity contribution in [1.29, 1.82) is 0 Å². The molecule has 0 aromatic heterocycles. The first-order chi connectivity index (χ1) is 6.36. The van der Waals surface area contributed by atoms with Gasteiger partial charge in [-0.25, -0.2) is 0 Å². The van der Waals surface area contributed by atoms with E-state index in [9.17, 15) is 0 Å². The number of nitrogens with one attached hydrogen (secondary N) is 1. The normalized spacial score (nSPS) is 32.5. The lowest BCUT2D eigenvalue weighted by molar-refractivity contribution is 0.185. The van der Waals surface area contributed by atoms with E-state index < -0.39 is 0 Å². The highest BCUT2D eigenvalue weighted by molar-refractivity contribution is 4.82. The van der Waals surface area contributed by atoms with Crippen molar-refractivity contribution < 1.29 is 0 Å². The number of piperazine rings is 1. The van der Waals surface area contributed by atoms with Crippen molar-refractivity contribution in [2.45, 2.75) is 18.9 Å². The predicted octanol–water partition coefficient (Wildman–Crippen LogP) is 0.148. The second kappa shape index (κ2) is 4.40. The van der Waals surface area contributed by atoms with Gasteiger partial charge in [-0.15, -0.1) is 0 Å². The van der Waals surface area contributed by atoms with Gasteiger partial charge < -0.3 is 5.32 Å². The lowest BCUT2D eigenvalue weighted by Gasteiger charge is -2.31. The molecule has 2 saturated heterocycles. The minimum atomic E-state index is 0.720. The van der Waals surface area contributed by atoms with E-state index >= 15 is 0 Å². The maximum atomic E-state index is 4.08. The molecule has 1 N–H and O–H groups in total. The van der Waals surface area contributed by atoms with Crippen molar-refractivity contribution in [3.8, 4) is 0 Å². The molecule has 2 aliphatic heterocycles. The van der Waals surface area contributed by atoms with Crippen LogP contribution in [0.2, 0.25) is 0 Å². The summed E-state index contributed by atoms with van der Waals surface area (Å²) in [5.41, 5.74) is 0. The molecule has 0 aliphatic carbocycles. The fourth-order valence-electron chi connectivity index (χ4n) is 2.29. The summed E-state index contributed by atoms with van der Waals surface area (Å²) in [5.74, 6) is 0. The van der Waals surface area contributed by atoms with Crippen molar-refractivity contribution in [3.05, 3.63) is 7.05 Å². The summed E-state index contributed by atoms with van der Waals surface area (Å²) in [6.45, 7) is 7.16. The topological polar surface area (TPSA) is 18.5 Å².